The van der Waals surface area contributed by atoms with Crippen molar-refractivity contribution in [2.45, 2.75) is 56.4 Å². The molecule has 0 unspecified atom stereocenters. The summed E-state index contributed by atoms with van der Waals surface area (Å²) in [5, 5.41) is 3.15. The van der Waals surface area contributed by atoms with Crippen molar-refractivity contribution in [3.63, 3.8) is 0 Å². The molecule has 0 aromatic heterocycles. The van der Waals surface area contributed by atoms with Crippen LogP contribution in [0.3, 0.4) is 0 Å². The first kappa shape index (κ1) is 14.4. The molecule has 0 saturated heterocycles. The van der Waals surface area contributed by atoms with E-state index in [4.69, 9.17) is 0 Å². The van der Waals surface area contributed by atoms with Gasteiger partial charge in [0.05, 0.1) is 0 Å². The van der Waals surface area contributed by atoms with E-state index in [1.54, 1.807) is 0 Å². The molecule has 0 bridgehead atoms. The Kier molecular flexibility index (Phi) is 5.32. The van der Waals surface area contributed by atoms with Crippen LogP contribution in [0.2, 0.25) is 0 Å². The molecule has 1 fully saturated rings. The Balaban J connectivity index is 1.84. The molecule has 0 radical (unpaired) electrons. The van der Waals surface area contributed by atoms with Gasteiger partial charge in [-0.05, 0) is 49.8 Å². The zero-order valence-electron chi connectivity index (χ0n) is 11.6. The Hall–Kier alpha value is -0.960. The lowest BCUT2D eigenvalue weighted by Crippen LogP contribution is -2.37. The molecule has 1 aromatic rings. The van der Waals surface area contributed by atoms with Gasteiger partial charge in [-0.25, -0.2) is 0 Å². The summed E-state index contributed by atoms with van der Waals surface area (Å²) in [7, 11) is 0. The molecule has 1 saturated carbocycles. The summed E-state index contributed by atoms with van der Waals surface area (Å²) >= 11 is 4.27. The van der Waals surface area contributed by atoms with E-state index in [0.717, 1.165) is 23.7 Å². The highest BCUT2D eigenvalue weighted by Crippen LogP contribution is 2.27. The zero-order chi connectivity index (χ0) is 13.7. The molecule has 0 spiro atoms. The number of carbonyl (C=O) groups is 1. The third-order valence-corrected chi connectivity index (χ3v) is 4.27. The van der Waals surface area contributed by atoms with E-state index >= 15 is 0 Å². The minimum absolute atomic E-state index is 0.0369. The highest BCUT2D eigenvalue weighted by Gasteiger charge is 2.22. The van der Waals surface area contributed by atoms with Crippen molar-refractivity contribution in [1.29, 1.82) is 0 Å². The molecule has 0 heterocycles. The van der Waals surface area contributed by atoms with Gasteiger partial charge in [0.1, 0.15) is 0 Å². The zero-order valence-corrected chi connectivity index (χ0v) is 12.5. The van der Waals surface area contributed by atoms with E-state index in [1.807, 2.05) is 24.3 Å². The number of benzene rings is 1. The average Bonchev–Trinajstić information content (AvgIpc) is 2.41. The summed E-state index contributed by atoms with van der Waals surface area (Å²) in [4.78, 5) is 13.0. The highest BCUT2D eigenvalue weighted by molar-refractivity contribution is 7.80. The van der Waals surface area contributed by atoms with Crippen LogP contribution in [0, 0.1) is 5.92 Å². The summed E-state index contributed by atoms with van der Waals surface area (Å²) in [5.41, 5.74) is 0.711. The molecule has 1 aliphatic rings. The third kappa shape index (κ3) is 4.27. The Morgan fingerprint density at radius 1 is 1.32 bits per heavy atom. The maximum Gasteiger partial charge on any atom is 0.251 e. The SMILES string of the molecule is CCCC1CCC(NC(=O)c2cccc(S)c2)CC1. The fourth-order valence-electron chi connectivity index (χ4n) is 2.92. The Morgan fingerprint density at radius 2 is 2.05 bits per heavy atom. The number of rotatable bonds is 4. The fourth-order valence-corrected chi connectivity index (χ4v) is 3.14. The number of nitrogens with one attached hydrogen (secondary N) is 1. The van der Waals surface area contributed by atoms with Crippen LogP contribution >= 0.6 is 12.6 Å². The lowest BCUT2D eigenvalue weighted by molar-refractivity contribution is 0.0921. The van der Waals surface area contributed by atoms with Gasteiger partial charge in [0.15, 0.2) is 0 Å². The van der Waals surface area contributed by atoms with Crippen LogP contribution in [0.25, 0.3) is 0 Å². The summed E-state index contributed by atoms with van der Waals surface area (Å²) in [6.07, 6.45) is 7.36. The van der Waals surface area contributed by atoms with Crippen LogP contribution in [0.15, 0.2) is 29.2 Å². The van der Waals surface area contributed by atoms with Crippen molar-refractivity contribution in [3.8, 4) is 0 Å². The van der Waals surface area contributed by atoms with E-state index in [9.17, 15) is 4.79 Å². The van der Waals surface area contributed by atoms with E-state index in [0.29, 0.717) is 11.6 Å². The summed E-state index contributed by atoms with van der Waals surface area (Å²) in [6.45, 7) is 2.25. The lowest BCUT2D eigenvalue weighted by Gasteiger charge is -2.29. The molecule has 2 nitrogen and oxygen atoms in total. The molecule has 0 aliphatic heterocycles. The first-order valence-corrected chi connectivity index (χ1v) is 7.73. The Morgan fingerprint density at radius 3 is 2.68 bits per heavy atom. The first-order valence-electron chi connectivity index (χ1n) is 7.29. The van der Waals surface area contributed by atoms with Crippen LogP contribution in [0.1, 0.15) is 55.8 Å². The molecule has 2 rings (SSSR count). The number of carbonyl (C=O) groups excluding carboxylic acids is 1. The van der Waals surface area contributed by atoms with Gasteiger partial charge in [0.25, 0.3) is 5.91 Å². The van der Waals surface area contributed by atoms with Crippen LogP contribution < -0.4 is 5.32 Å². The molecule has 1 aliphatic carbocycles. The van der Waals surface area contributed by atoms with E-state index in [-0.39, 0.29) is 5.91 Å². The van der Waals surface area contributed by atoms with E-state index in [1.165, 1.54) is 25.7 Å². The fraction of sp³-hybridized carbons (Fsp3) is 0.562. The quantitative estimate of drug-likeness (QED) is 0.798. The van der Waals surface area contributed by atoms with Crippen molar-refractivity contribution in [2.75, 3.05) is 0 Å². The second kappa shape index (κ2) is 6.99. The maximum atomic E-state index is 12.1. The predicted octanol–water partition coefficient (Wildman–Crippen LogP) is 4.06. The summed E-state index contributed by atoms with van der Waals surface area (Å²) in [6, 6.07) is 7.77. The van der Waals surface area contributed by atoms with Gasteiger partial charge in [-0.3, -0.25) is 4.79 Å². The predicted molar refractivity (Wildman–Crippen MR) is 81.8 cm³/mol. The number of hydrogen-bond donors (Lipinski definition) is 2. The van der Waals surface area contributed by atoms with E-state index < -0.39 is 0 Å². The van der Waals surface area contributed by atoms with Crippen LogP contribution in [0.4, 0.5) is 0 Å². The van der Waals surface area contributed by atoms with Crippen molar-refractivity contribution in [2.24, 2.45) is 5.92 Å². The second-order valence-electron chi connectivity index (χ2n) is 5.53. The molecular weight excluding hydrogens is 254 g/mol. The van der Waals surface area contributed by atoms with Crippen molar-refractivity contribution in [3.05, 3.63) is 29.8 Å². The van der Waals surface area contributed by atoms with Crippen molar-refractivity contribution in [1.82, 2.24) is 5.32 Å². The second-order valence-corrected chi connectivity index (χ2v) is 6.05. The van der Waals surface area contributed by atoms with Gasteiger partial charge in [0.2, 0.25) is 0 Å². The van der Waals surface area contributed by atoms with Crippen molar-refractivity contribution >= 4 is 18.5 Å². The molecule has 1 amide bonds. The molecule has 3 heteroatoms. The molecule has 19 heavy (non-hydrogen) atoms. The smallest absolute Gasteiger partial charge is 0.251 e. The van der Waals surface area contributed by atoms with E-state index in [2.05, 4.69) is 24.9 Å². The maximum absolute atomic E-state index is 12.1. The summed E-state index contributed by atoms with van der Waals surface area (Å²) < 4.78 is 0. The number of amides is 1. The Labute approximate surface area is 121 Å². The standard InChI is InChI=1S/C16H23NOS/c1-2-4-12-7-9-14(10-8-12)17-16(18)13-5-3-6-15(19)11-13/h3,5-6,11-12,14,19H,2,4,7-10H2,1H3,(H,17,18). The van der Waals surface area contributed by atoms with Gasteiger partial charge < -0.3 is 5.32 Å². The normalized spacial score (nSPS) is 23.1. The van der Waals surface area contributed by atoms with Gasteiger partial charge in [-0.15, -0.1) is 12.6 Å². The van der Waals surface area contributed by atoms with Crippen LogP contribution in [-0.4, -0.2) is 11.9 Å². The van der Waals surface area contributed by atoms with Gasteiger partial charge in [0, 0.05) is 16.5 Å². The highest BCUT2D eigenvalue weighted by atomic mass is 32.1. The Bertz CT molecular complexity index is 425. The monoisotopic (exact) mass is 277 g/mol. The topological polar surface area (TPSA) is 29.1 Å². The molecular formula is C16H23NOS. The largest absolute Gasteiger partial charge is 0.349 e. The minimum atomic E-state index is 0.0369. The van der Waals surface area contributed by atoms with Crippen molar-refractivity contribution < 1.29 is 4.79 Å². The minimum Gasteiger partial charge on any atom is -0.349 e. The summed E-state index contributed by atoms with van der Waals surface area (Å²) in [5.74, 6) is 0.911. The molecule has 104 valence electrons. The van der Waals surface area contributed by atoms with Gasteiger partial charge >= 0.3 is 0 Å². The molecule has 1 aromatic carbocycles. The number of hydrogen-bond acceptors (Lipinski definition) is 2. The third-order valence-electron chi connectivity index (χ3n) is 3.99. The first-order chi connectivity index (χ1) is 9.19. The van der Waals surface area contributed by atoms with Gasteiger partial charge in [-0.1, -0.05) is 25.8 Å². The average molecular weight is 277 g/mol. The lowest BCUT2D eigenvalue weighted by atomic mass is 9.83. The van der Waals surface area contributed by atoms with Gasteiger partial charge in [-0.2, -0.15) is 0 Å². The van der Waals surface area contributed by atoms with Crippen LogP contribution in [0.5, 0.6) is 0 Å². The molecule has 1 N–H and O–H groups in total. The number of thiol groups is 1. The molecule has 0 atom stereocenters. The van der Waals surface area contributed by atoms with Crippen LogP contribution in [-0.2, 0) is 0 Å².